The smallest absolute Gasteiger partial charge is 0.0909 e. The van der Waals surface area contributed by atoms with Gasteiger partial charge < -0.3 is 10.2 Å². The standard InChI is InChI=1S/C21H30N4OS/c1-7-23-27(6,26)19-11-9-10-18(14-19)24-21-13-16(3)20(12-17(21)4)22-15-25(5)8-2/h9-15,24H,7-8H2,1-6H3. The van der Waals surface area contributed by atoms with Gasteiger partial charge in [-0.15, -0.1) is 0 Å². The molecule has 5 nitrogen and oxygen atoms in total. The Morgan fingerprint density at radius 1 is 1.15 bits per heavy atom. The Kier molecular flexibility index (Phi) is 7.02. The van der Waals surface area contributed by atoms with Crippen molar-refractivity contribution in [2.24, 2.45) is 9.36 Å². The topological polar surface area (TPSA) is 57.1 Å². The molecule has 6 heteroatoms. The number of nitrogens with one attached hydrogen (secondary N) is 1. The van der Waals surface area contributed by atoms with E-state index in [-0.39, 0.29) is 0 Å². The van der Waals surface area contributed by atoms with Crippen molar-refractivity contribution in [1.29, 1.82) is 0 Å². The van der Waals surface area contributed by atoms with Crippen molar-refractivity contribution in [1.82, 2.24) is 4.90 Å². The van der Waals surface area contributed by atoms with E-state index < -0.39 is 9.73 Å². The quantitative estimate of drug-likeness (QED) is 0.530. The van der Waals surface area contributed by atoms with Crippen LogP contribution in [0.3, 0.4) is 0 Å². The number of hydrogen-bond donors (Lipinski definition) is 1. The summed E-state index contributed by atoms with van der Waals surface area (Å²) in [5.41, 5.74) is 5.08. The molecular formula is C21H30N4OS. The molecule has 0 amide bonds. The highest BCUT2D eigenvalue weighted by Gasteiger charge is 2.08. The van der Waals surface area contributed by atoms with Gasteiger partial charge in [0.25, 0.3) is 0 Å². The summed E-state index contributed by atoms with van der Waals surface area (Å²) in [5, 5.41) is 3.44. The van der Waals surface area contributed by atoms with Crippen LogP contribution < -0.4 is 5.32 Å². The molecule has 146 valence electrons. The number of aliphatic imine (C=N–C) groups is 1. The SMILES string of the molecule is CCN=S(C)(=O)c1cccc(Nc2cc(C)c(N=CN(C)CC)cc2C)c1. The lowest BCUT2D eigenvalue weighted by atomic mass is 10.1. The zero-order valence-electron chi connectivity index (χ0n) is 17.1. The maximum absolute atomic E-state index is 12.7. The number of nitrogens with zero attached hydrogens (tertiary/aromatic N) is 3. The van der Waals surface area contributed by atoms with Gasteiger partial charge in [-0.1, -0.05) is 6.07 Å². The lowest BCUT2D eigenvalue weighted by molar-refractivity contribution is 0.552. The van der Waals surface area contributed by atoms with Crippen LogP contribution in [0.15, 0.2) is 50.6 Å². The molecule has 1 atom stereocenters. The molecule has 0 radical (unpaired) electrons. The summed E-state index contributed by atoms with van der Waals surface area (Å²) in [6.07, 6.45) is 3.54. The summed E-state index contributed by atoms with van der Waals surface area (Å²) in [4.78, 5) is 7.36. The van der Waals surface area contributed by atoms with Gasteiger partial charge in [-0.3, -0.25) is 0 Å². The normalized spacial score (nSPS) is 13.4. The van der Waals surface area contributed by atoms with Crippen LogP contribution in [-0.2, 0) is 9.73 Å². The van der Waals surface area contributed by atoms with Crippen molar-refractivity contribution >= 4 is 33.1 Å². The maximum atomic E-state index is 12.7. The van der Waals surface area contributed by atoms with E-state index in [4.69, 9.17) is 0 Å². The van der Waals surface area contributed by atoms with Crippen LogP contribution in [0.1, 0.15) is 25.0 Å². The van der Waals surface area contributed by atoms with E-state index in [0.717, 1.165) is 39.6 Å². The molecule has 1 unspecified atom stereocenters. The summed E-state index contributed by atoms with van der Waals surface area (Å²) in [7, 11) is -0.352. The first-order valence-corrected chi connectivity index (χ1v) is 11.1. The Bertz CT molecular complexity index is 943. The highest BCUT2D eigenvalue weighted by atomic mass is 32.2. The Morgan fingerprint density at radius 3 is 2.56 bits per heavy atom. The zero-order valence-corrected chi connectivity index (χ0v) is 17.9. The third kappa shape index (κ3) is 5.57. The molecule has 0 aliphatic rings. The van der Waals surface area contributed by atoms with E-state index in [1.807, 2.05) is 49.5 Å². The molecule has 2 aromatic rings. The van der Waals surface area contributed by atoms with E-state index in [2.05, 4.69) is 47.6 Å². The first-order valence-electron chi connectivity index (χ1n) is 9.17. The molecule has 0 saturated carbocycles. The first-order chi connectivity index (χ1) is 12.8. The van der Waals surface area contributed by atoms with Crippen molar-refractivity contribution in [2.45, 2.75) is 32.6 Å². The number of hydrogen-bond acceptors (Lipinski definition) is 4. The fraction of sp³-hybridized carbons (Fsp3) is 0.381. The lowest BCUT2D eigenvalue weighted by Gasteiger charge is -2.14. The highest BCUT2D eigenvalue weighted by molar-refractivity contribution is 7.93. The molecule has 0 aliphatic heterocycles. The highest BCUT2D eigenvalue weighted by Crippen LogP contribution is 2.29. The molecule has 2 aromatic carbocycles. The van der Waals surface area contributed by atoms with Crippen LogP contribution in [0.25, 0.3) is 0 Å². The third-order valence-electron chi connectivity index (χ3n) is 4.36. The minimum Gasteiger partial charge on any atom is -0.366 e. The minimum atomic E-state index is -2.36. The Labute approximate surface area is 163 Å². The summed E-state index contributed by atoms with van der Waals surface area (Å²) >= 11 is 0. The number of aryl methyl sites for hydroxylation is 2. The summed E-state index contributed by atoms with van der Waals surface area (Å²) in [5.74, 6) is 0. The van der Waals surface area contributed by atoms with Gasteiger partial charge in [0.2, 0.25) is 0 Å². The molecule has 0 aromatic heterocycles. The van der Waals surface area contributed by atoms with E-state index in [1.54, 1.807) is 6.26 Å². The second-order valence-electron chi connectivity index (χ2n) is 6.67. The third-order valence-corrected chi connectivity index (χ3v) is 6.24. The second-order valence-corrected chi connectivity index (χ2v) is 9.01. The first kappa shape index (κ1) is 21.0. The monoisotopic (exact) mass is 386 g/mol. The molecule has 0 aliphatic carbocycles. The number of benzene rings is 2. The van der Waals surface area contributed by atoms with Crippen LogP contribution in [0.5, 0.6) is 0 Å². The molecule has 0 fully saturated rings. The van der Waals surface area contributed by atoms with Crippen LogP contribution >= 0.6 is 0 Å². The summed E-state index contributed by atoms with van der Waals surface area (Å²) < 4.78 is 16.9. The van der Waals surface area contributed by atoms with Gasteiger partial charge in [-0.25, -0.2) is 13.6 Å². The van der Waals surface area contributed by atoms with E-state index in [9.17, 15) is 4.21 Å². The van der Waals surface area contributed by atoms with E-state index in [0.29, 0.717) is 6.54 Å². The number of rotatable bonds is 7. The van der Waals surface area contributed by atoms with Crippen LogP contribution in [-0.4, -0.2) is 41.8 Å². The summed E-state index contributed by atoms with van der Waals surface area (Å²) in [6.45, 7) is 9.57. The van der Waals surface area contributed by atoms with E-state index >= 15 is 0 Å². The average molecular weight is 387 g/mol. The largest absolute Gasteiger partial charge is 0.366 e. The number of anilines is 2. The van der Waals surface area contributed by atoms with Gasteiger partial charge in [0.05, 0.1) is 21.8 Å². The molecule has 2 rings (SSSR count). The second kappa shape index (κ2) is 9.04. The predicted molar refractivity (Wildman–Crippen MR) is 117 cm³/mol. The average Bonchev–Trinajstić information content (AvgIpc) is 2.63. The van der Waals surface area contributed by atoms with Crippen molar-refractivity contribution < 1.29 is 4.21 Å². The fourth-order valence-electron chi connectivity index (χ4n) is 2.60. The van der Waals surface area contributed by atoms with Crippen molar-refractivity contribution in [3.05, 3.63) is 47.5 Å². The van der Waals surface area contributed by atoms with Crippen LogP contribution in [0, 0.1) is 13.8 Å². The van der Waals surface area contributed by atoms with Crippen molar-refractivity contribution in [3.8, 4) is 0 Å². The minimum absolute atomic E-state index is 0.542. The van der Waals surface area contributed by atoms with Gasteiger partial charge in [0.15, 0.2) is 0 Å². The molecule has 0 heterocycles. The molecule has 1 N–H and O–H groups in total. The van der Waals surface area contributed by atoms with Gasteiger partial charge in [-0.2, -0.15) is 0 Å². The molecular weight excluding hydrogens is 356 g/mol. The summed E-state index contributed by atoms with van der Waals surface area (Å²) in [6, 6.07) is 11.8. The Balaban J connectivity index is 2.31. The van der Waals surface area contributed by atoms with Crippen molar-refractivity contribution in [3.63, 3.8) is 0 Å². The Morgan fingerprint density at radius 2 is 1.89 bits per heavy atom. The molecule has 0 spiro atoms. The van der Waals surface area contributed by atoms with Gasteiger partial charge in [0, 0.05) is 42.7 Å². The van der Waals surface area contributed by atoms with E-state index in [1.165, 1.54) is 0 Å². The maximum Gasteiger partial charge on any atom is 0.0909 e. The van der Waals surface area contributed by atoms with Gasteiger partial charge >= 0.3 is 0 Å². The van der Waals surface area contributed by atoms with Crippen LogP contribution in [0.2, 0.25) is 0 Å². The van der Waals surface area contributed by atoms with Crippen LogP contribution in [0.4, 0.5) is 17.1 Å². The van der Waals surface area contributed by atoms with Gasteiger partial charge in [-0.05, 0) is 69.2 Å². The molecule has 0 bridgehead atoms. The van der Waals surface area contributed by atoms with Gasteiger partial charge in [0.1, 0.15) is 0 Å². The lowest BCUT2D eigenvalue weighted by Crippen LogP contribution is -2.14. The van der Waals surface area contributed by atoms with Crippen molar-refractivity contribution in [2.75, 3.05) is 31.7 Å². The molecule has 27 heavy (non-hydrogen) atoms. The zero-order chi connectivity index (χ0) is 20.0. The fourth-order valence-corrected chi connectivity index (χ4v) is 3.92. The molecule has 0 saturated heterocycles. The Hall–Kier alpha value is -2.34. The predicted octanol–water partition coefficient (Wildman–Crippen LogP) is 5.14.